The topological polar surface area (TPSA) is 49.3 Å². The van der Waals surface area contributed by atoms with Crippen LogP contribution < -0.4 is 5.32 Å². The maximum absolute atomic E-state index is 12.0. The van der Waals surface area contributed by atoms with Gasteiger partial charge in [-0.25, -0.2) is 0 Å². The monoisotopic (exact) mass is 259 g/mol. The van der Waals surface area contributed by atoms with E-state index in [9.17, 15) is 9.90 Å². The molecule has 18 heavy (non-hydrogen) atoms. The SMILES string of the molecule is O=C1Nc2ccccc2[C@@H]1c1cc(Cl)ccc1O. The first-order chi connectivity index (χ1) is 8.66. The lowest BCUT2D eigenvalue weighted by molar-refractivity contribution is -0.116. The molecule has 1 aliphatic rings. The highest BCUT2D eigenvalue weighted by Crippen LogP contribution is 2.40. The van der Waals surface area contributed by atoms with E-state index in [2.05, 4.69) is 5.32 Å². The van der Waals surface area contributed by atoms with Gasteiger partial charge in [-0.2, -0.15) is 0 Å². The predicted molar refractivity (Wildman–Crippen MR) is 70.0 cm³/mol. The van der Waals surface area contributed by atoms with E-state index in [1.54, 1.807) is 12.1 Å². The zero-order chi connectivity index (χ0) is 12.7. The minimum atomic E-state index is -0.500. The van der Waals surface area contributed by atoms with E-state index in [0.717, 1.165) is 11.3 Å². The highest BCUT2D eigenvalue weighted by atomic mass is 35.5. The van der Waals surface area contributed by atoms with Crippen LogP contribution in [-0.4, -0.2) is 11.0 Å². The molecule has 4 heteroatoms. The molecule has 0 saturated carbocycles. The molecular formula is C14H10ClNO2. The number of amides is 1. The Kier molecular flexibility index (Phi) is 2.49. The van der Waals surface area contributed by atoms with Gasteiger partial charge in [0.1, 0.15) is 5.75 Å². The van der Waals surface area contributed by atoms with Crippen molar-refractivity contribution in [3.05, 3.63) is 58.6 Å². The molecule has 0 aliphatic carbocycles. The Balaban J connectivity index is 2.17. The fourth-order valence-corrected chi connectivity index (χ4v) is 2.45. The number of carbonyl (C=O) groups is 1. The Labute approximate surface area is 109 Å². The summed E-state index contributed by atoms with van der Waals surface area (Å²) in [5.41, 5.74) is 2.18. The van der Waals surface area contributed by atoms with Crippen LogP contribution in [0.4, 0.5) is 5.69 Å². The summed E-state index contributed by atoms with van der Waals surface area (Å²) < 4.78 is 0. The minimum absolute atomic E-state index is 0.0799. The number of para-hydroxylation sites is 1. The lowest BCUT2D eigenvalue weighted by Crippen LogP contribution is -2.13. The van der Waals surface area contributed by atoms with E-state index in [1.165, 1.54) is 6.07 Å². The molecule has 2 aromatic rings. The Hall–Kier alpha value is -2.00. The molecule has 0 spiro atoms. The lowest BCUT2D eigenvalue weighted by Gasteiger charge is -2.11. The third-order valence-electron chi connectivity index (χ3n) is 3.09. The molecule has 0 aromatic heterocycles. The Morgan fingerprint density at radius 1 is 1.11 bits per heavy atom. The normalized spacial score (nSPS) is 17.4. The van der Waals surface area contributed by atoms with Gasteiger partial charge in [0.25, 0.3) is 0 Å². The summed E-state index contributed by atoms with van der Waals surface area (Å²) in [5, 5.41) is 13.2. The van der Waals surface area contributed by atoms with Gasteiger partial charge in [0.05, 0.1) is 5.92 Å². The predicted octanol–water partition coefficient (Wildman–Crippen LogP) is 3.13. The van der Waals surface area contributed by atoms with Crippen molar-refractivity contribution in [3.63, 3.8) is 0 Å². The van der Waals surface area contributed by atoms with Gasteiger partial charge in [-0.3, -0.25) is 4.79 Å². The van der Waals surface area contributed by atoms with Gasteiger partial charge >= 0.3 is 0 Å². The number of fused-ring (bicyclic) bond motifs is 1. The summed E-state index contributed by atoms with van der Waals surface area (Å²) in [5.74, 6) is -0.565. The standard InChI is InChI=1S/C14H10ClNO2/c15-8-5-6-12(17)10(7-8)13-9-3-1-2-4-11(9)16-14(13)18/h1-7,13,17H,(H,16,18)/t13-/m1/s1. The van der Waals surface area contributed by atoms with Crippen LogP contribution in [-0.2, 0) is 4.79 Å². The largest absolute Gasteiger partial charge is 0.508 e. The molecular weight excluding hydrogens is 250 g/mol. The summed E-state index contributed by atoms with van der Waals surface area (Å²) in [6, 6.07) is 12.2. The molecule has 2 N–H and O–H groups in total. The number of anilines is 1. The molecule has 3 nitrogen and oxygen atoms in total. The number of aromatic hydroxyl groups is 1. The third kappa shape index (κ3) is 1.64. The second kappa shape index (κ2) is 4.03. The van der Waals surface area contributed by atoms with Gasteiger partial charge in [0.2, 0.25) is 5.91 Å². The van der Waals surface area contributed by atoms with Crippen LogP contribution in [0.2, 0.25) is 5.02 Å². The molecule has 0 fully saturated rings. The van der Waals surface area contributed by atoms with Gasteiger partial charge in [-0.1, -0.05) is 29.8 Å². The van der Waals surface area contributed by atoms with Crippen molar-refractivity contribution in [2.45, 2.75) is 5.92 Å². The summed E-state index contributed by atoms with van der Waals surface area (Å²) in [7, 11) is 0. The number of carbonyl (C=O) groups excluding carboxylic acids is 1. The Bertz CT molecular complexity index is 639. The molecule has 0 bridgehead atoms. The molecule has 0 saturated heterocycles. The van der Waals surface area contributed by atoms with Crippen LogP contribution >= 0.6 is 11.6 Å². The minimum Gasteiger partial charge on any atom is -0.508 e. The Morgan fingerprint density at radius 2 is 1.89 bits per heavy atom. The quantitative estimate of drug-likeness (QED) is 0.827. The number of hydrogen-bond acceptors (Lipinski definition) is 2. The average Bonchev–Trinajstić information content (AvgIpc) is 2.68. The number of phenolic OH excluding ortho intramolecular Hbond substituents is 1. The molecule has 2 aromatic carbocycles. The number of rotatable bonds is 1. The van der Waals surface area contributed by atoms with E-state index in [4.69, 9.17) is 11.6 Å². The fourth-order valence-electron chi connectivity index (χ4n) is 2.27. The molecule has 0 unspecified atom stereocenters. The van der Waals surface area contributed by atoms with Crippen molar-refractivity contribution in [2.24, 2.45) is 0 Å². The van der Waals surface area contributed by atoms with Crippen LogP contribution in [0.25, 0.3) is 0 Å². The van der Waals surface area contributed by atoms with E-state index >= 15 is 0 Å². The van der Waals surface area contributed by atoms with Crippen molar-refractivity contribution in [1.29, 1.82) is 0 Å². The second-order valence-electron chi connectivity index (χ2n) is 4.21. The van der Waals surface area contributed by atoms with Gasteiger partial charge in [0.15, 0.2) is 0 Å². The number of phenols is 1. The molecule has 90 valence electrons. The molecule has 1 amide bonds. The lowest BCUT2D eigenvalue weighted by atomic mass is 9.92. The summed E-state index contributed by atoms with van der Waals surface area (Å²) >= 11 is 5.93. The highest BCUT2D eigenvalue weighted by molar-refractivity contribution is 6.30. The maximum Gasteiger partial charge on any atom is 0.236 e. The van der Waals surface area contributed by atoms with Gasteiger partial charge in [-0.05, 0) is 29.8 Å². The van der Waals surface area contributed by atoms with Crippen LogP contribution in [0.15, 0.2) is 42.5 Å². The third-order valence-corrected chi connectivity index (χ3v) is 3.33. The van der Waals surface area contributed by atoms with Gasteiger partial charge in [-0.15, -0.1) is 0 Å². The summed E-state index contributed by atoms with van der Waals surface area (Å²) in [6.07, 6.45) is 0. The number of nitrogens with one attached hydrogen (secondary N) is 1. The molecule has 0 radical (unpaired) electrons. The van der Waals surface area contributed by atoms with Crippen molar-refractivity contribution in [3.8, 4) is 5.75 Å². The van der Waals surface area contributed by atoms with E-state index in [0.29, 0.717) is 10.6 Å². The summed E-state index contributed by atoms with van der Waals surface area (Å²) in [4.78, 5) is 12.0. The number of benzene rings is 2. The van der Waals surface area contributed by atoms with Crippen LogP contribution in [0.1, 0.15) is 17.0 Å². The van der Waals surface area contributed by atoms with E-state index < -0.39 is 5.92 Å². The first-order valence-electron chi connectivity index (χ1n) is 5.55. The van der Waals surface area contributed by atoms with Crippen molar-refractivity contribution >= 4 is 23.2 Å². The second-order valence-corrected chi connectivity index (χ2v) is 4.65. The summed E-state index contributed by atoms with van der Waals surface area (Å²) in [6.45, 7) is 0. The first-order valence-corrected chi connectivity index (χ1v) is 5.93. The zero-order valence-electron chi connectivity index (χ0n) is 9.35. The smallest absolute Gasteiger partial charge is 0.236 e. The van der Waals surface area contributed by atoms with Gasteiger partial charge < -0.3 is 10.4 Å². The van der Waals surface area contributed by atoms with Crippen molar-refractivity contribution in [1.82, 2.24) is 0 Å². The van der Waals surface area contributed by atoms with E-state index in [-0.39, 0.29) is 11.7 Å². The van der Waals surface area contributed by atoms with Crippen LogP contribution in [0, 0.1) is 0 Å². The first kappa shape index (κ1) is 11.1. The maximum atomic E-state index is 12.0. The Morgan fingerprint density at radius 3 is 2.72 bits per heavy atom. The highest BCUT2D eigenvalue weighted by Gasteiger charge is 2.33. The van der Waals surface area contributed by atoms with Crippen LogP contribution in [0.5, 0.6) is 5.75 Å². The van der Waals surface area contributed by atoms with Gasteiger partial charge in [0, 0.05) is 16.3 Å². The molecule has 1 atom stereocenters. The van der Waals surface area contributed by atoms with Crippen molar-refractivity contribution < 1.29 is 9.90 Å². The van der Waals surface area contributed by atoms with E-state index in [1.807, 2.05) is 24.3 Å². The zero-order valence-corrected chi connectivity index (χ0v) is 10.1. The number of halogens is 1. The fraction of sp³-hybridized carbons (Fsp3) is 0.0714. The molecule has 1 aliphatic heterocycles. The van der Waals surface area contributed by atoms with Crippen molar-refractivity contribution in [2.75, 3.05) is 5.32 Å². The average molecular weight is 260 g/mol. The van der Waals surface area contributed by atoms with Crippen LogP contribution in [0.3, 0.4) is 0 Å². The molecule has 3 rings (SSSR count). The number of hydrogen-bond donors (Lipinski definition) is 2. The molecule has 1 heterocycles.